The van der Waals surface area contributed by atoms with Gasteiger partial charge in [0.15, 0.2) is 11.5 Å². The van der Waals surface area contributed by atoms with E-state index in [0.29, 0.717) is 29.7 Å². The Hall–Kier alpha value is -1.92. The van der Waals surface area contributed by atoms with Gasteiger partial charge in [0.2, 0.25) is 0 Å². The Balaban J connectivity index is 0.00000280. The van der Waals surface area contributed by atoms with Gasteiger partial charge in [0.05, 0.1) is 19.2 Å². The van der Waals surface area contributed by atoms with Crippen LogP contribution in [0.5, 0.6) is 17.2 Å². The normalized spacial score (nSPS) is 10.2. The third-order valence-corrected chi connectivity index (χ3v) is 5.18. The lowest BCUT2D eigenvalue weighted by molar-refractivity contribution is 0.287. The Morgan fingerprint density at radius 2 is 1.71 bits per heavy atom. The van der Waals surface area contributed by atoms with Crippen LogP contribution in [0.4, 0.5) is 0 Å². The first-order chi connectivity index (χ1) is 13.2. The van der Waals surface area contributed by atoms with Gasteiger partial charge in [0.25, 0.3) is 0 Å². The summed E-state index contributed by atoms with van der Waals surface area (Å²) in [7, 11) is 3.29. The van der Waals surface area contributed by atoms with Crippen molar-refractivity contribution in [3.8, 4) is 17.2 Å². The van der Waals surface area contributed by atoms with Gasteiger partial charge in [0.1, 0.15) is 12.4 Å². The summed E-state index contributed by atoms with van der Waals surface area (Å²) >= 11 is 8.09. The summed E-state index contributed by atoms with van der Waals surface area (Å²) in [5.41, 5.74) is 2.22. The number of hydrogen-bond acceptors (Lipinski definition) is 5. The number of hydrogen-bond donors (Lipinski definition) is 1. The summed E-state index contributed by atoms with van der Waals surface area (Å²) in [4.78, 5) is 1.14. The molecule has 0 aliphatic heterocycles. The molecule has 150 valence electrons. The second-order valence-corrected chi connectivity index (χ2v) is 7.37. The van der Waals surface area contributed by atoms with E-state index in [4.69, 9.17) is 25.8 Å². The molecule has 28 heavy (non-hydrogen) atoms. The number of benzene rings is 2. The van der Waals surface area contributed by atoms with Crippen molar-refractivity contribution in [3.05, 3.63) is 74.9 Å². The molecular weight excluding hydrogens is 417 g/mol. The second kappa shape index (κ2) is 11.2. The third kappa shape index (κ3) is 6.04. The molecule has 0 unspecified atom stereocenters. The maximum atomic E-state index is 6.44. The molecule has 1 aromatic heterocycles. The van der Waals surface area contributed by atoms with Gasteiger partial charge in [0, 0.05) is 18.0 Å². The van der Waals surface area contributed by atoms with Crippen molar-refractivity contribution in [2.75, 3.05) is 14.2 Å². The topological polar surface area (TPSA) is 39.7 Å². The zero-order chi connectivity index (χ0) is 19.1. The minimum Gasteiger partial charge on any atom is -0.497 e. The van der Waals surface area contributed by atoms with Gasteiger partial charge < -0.3 is 19.5 Å². The summed E-state index contributed by atoms with van der Waals surface area (Å²) in [6.07, 6.45) is 0. The van der Waals surface area contributed by atoms with Crippen molar-refractivity contribution in [3.63, 3.8) is 0 Å². The number of thiophene rings is 1. The van der Waals surface area contributed by atoms with Gasteiger partial charge >= 0.3 is 0 Å². The fourth-order valence-corrected chi connectivity index (χ4v) is 3.55. The van der Waals surface area contributed by atoms with Gasteiger partial charge in [-0.1, -0.05) is 29.8 Å². The van der Waals surface area contributed by atoms with E-state index in [9.17, 15) is 0 Å². The van der Waals surface area contributed by atoms with Crippen LogP contribution in [0.25, 0.3) is 0 Å². The summed E-state index contributed by atoms with van der Waals surface area (Å²) < 4.78 is 16.5. The molecule has 3 rings (SSSR count). The molecule has 0 bridgehead atoms. The third-order valence-electron chi connectivity index (χ3n) is 4.05. The highest BCUT2D eigenvalue weighted by atomic mass is 35.5. The van der Waals surface area contributed by atoms with Crippen LogP contribution in [0.15, 0.2) is 53.9 Å². The number of nitrogens with one attached hydrogen (secondary N) is 1. The van der Waals surface area contributed by atoms with E-state index < -0.39 is 0 Å². The van der Waals surface area contributed by atoms with Crippen molar-refractivity contribution >= 4 is 35.3 Å². The summed E-state index contributed by atoms with van der Waals surface area (Å²) in [5.74, 6) is 2.07. The van der Waals surface area contributed by atoms with E-state index in [0.717, 1.165) is 22.7 Å². The van der Waals surface area contributed by atoms with E-state index in [1.165, 1.54) is 5.56 Å². The SMILES string of the molecule is COc1ccc(CNCc2cc(Cl)c(OCc3cccs3)c(OC)c2)cc1.Cl. The highest BCUT2D eigenvalue weighted by molar-refractivity contribution is 7.09. The molecule has 0 saturated carbocycles. The van der Waals surface area contributed by atoms with Gasteiger partial charge in [-0.05, 0) is 46.8 Å². The second-order valence-electron chi connectivity index (χ2n) is 5.93. The Morgan fingerprint density at radius 1 is 0.964 bits per heavy atom. The van der Waals surface area contributed by atoms with Crippen LogP contribution in [0, 0.1) is 0 Å². The van der Waals surface area contributed by atoms with Crippen LogP contribution in [-0.2, 0) is 19.7 Å². The first-order valence-corrected chi connectivity index (χ1v) is 9.80. The van der Waals surface area contributed by atoms with Crippen LogP contribution in [0.3, 0.4) is 0 Å². The van der Waals surface area contributed by atoms with E-state index in [-0.39, 0.29) is 12.4 Å². The molecular formula is C21H23Cl2NO3S. The highest BCUT2D eigenvalue weighted by Crippen LogP contribution is 2.37. The quantitative estimate of drug-likeness (QED) is 0.463. The Labute approximate surface area is 180 Å². The highest BCUT2D eigenvalue weighted by Gasteiger charge is 2.12. The summed E-state index contributed by atoms with van der Waals surface area (Å²) in [6, 6.07) is 15.9. The van der Waals surface area contributed by atoms with Crippen LogP contribution in [0.2, 0.25) is 5.02 Å². The zero-order valence-corrected chi connectivity index (χ0v) is 18.1. The Kier molecular flexibility index (Phi) is 8.93. The van der Waals surface area contributed by atoms with Gasteiger partial charge in [-0.2, -0.15) is 0 Å². The molecule has 0 atom stereocenters. The molecule has 7 heteroatoms. The maximum Gasteiger partial charge on any atom is 0.180 e. The molecule has 1 N–H and O–H groups in total. The zero-order valence-electron chi connectivity index (χ0n) is 15.7. The molecule has 1 heterocycles. The van der Waals surface area contributed by atoms with E-state index >= 15 is 0 Å². The van der Waals surface area contributed by atoms with Crippen LogP contribution in [0.1, 0.15) is 16.0 Å². The molecule has 0 radical (unpaired) electrons. The van der Waals surface area contributed by atoms with Crippen molar-refractivity contribution in [1.82, 2.24) is 5.32 Å². The average Bonchev–Trinajstić information content (AvgIpc) is 3.21. The Morgan fingerprint density at radius 3 is 2.36 bits per heavy atom. The van der Waals surface area contributed by atoms with Gasteiger partial charge in [-0.3, -0.25) is 0 Å². The molecule has 0 aliphatic carbocycles. The smallest absolute Gasteiger partial charge is 0.180 e. The van der Waals surface area contributed by atoms with Gasteiger partial charge in [-0.25, -0.2) is 0 Å². The minimum atomic E-state index is 0. The van der Waals surface area contributed by atoms with Crippen LogP contribution in [-0.4, -0.2) is 14.2 Å². The standard InChI is InChI=1S/C21H22ClNO3S.ClH/c1-24-17-7-5-15(6-8-17)12-23-13-16-10-19(22)21(20(11-16)25-2)26-14-18-4-3-9-27-18;/h3-11,23H,12-14H2,1-2H3;1H. The molecule has 3 aromatic rings. The lowest BCUT2D eigenvalue weighted by Gasteiger charge is -2.14. The average molecular weight is 440 g/mol. The minimum absolute atomic E-state index is 0. The van der Waals surface area contributed by atoms with Gasteiger partial charge in [-0.15, -0.1) is 23.7 Å². The fourth-order valence-electron chi connectivity index (χ4n) is 2.65. The molecule has 0 aliphatic rings. The predicted molar refractivity (Wildman–Crippen MR) is 117 cm³/mol. The molecule has 0 amide bonds. The van der Waals surface area contributed by atoms with Crippen molar-refractivity contribution in [1.29, 1.82) is 0 Å². The first kappa shape index (κ1) is 22.4. The molecule has 2 aromatic carbocycles. The largest absolute Gasteiger partial charge is 0.497 e. The molecule has 0 spiro atoms. The number of methoxy groups -OCH3 is 2. The van der Waals surface area contributed by atoms with E-state index in [1.54, 1.807) is 25.6 Å². The lowest BCUT2D eigenvalue weighted by atomic mass is 10.1. The monoisotopic (exact) mass is 439 g/mol. The van der Waals surface area contributed by atoms with Crippen LogP contribution >= 0.6 is 35.3 Å². The summed E-state index contributed by atoms with van der Waals surface area (Å²) in [6.45, 7) is 1.90. The Bertz CT molecular complexity index is 855. The molecule has 0 fully saturated rings. The first-order valence-electron chi connectivity index (χ1n) is 8.55. The summed E-state index contributed by atoms with van der Waals surface area (Å²) in [5, 5.41) is 5.98. The number of rotatable bonds is 9. The fraction of sp³-hybridized carbons (Fsp3) is 0.238. The van der Waals surface area contributed by atoms with Crippen molar-refractivity contribution < 1.29 is 14.2 Å². The van der Waals surface area contributed by atoms with Crippen molar-refractivity contribution in [2.24, 2.45) is 0 Å². The number of ether oxygens (including phenoxy) is 3. The van der Waals surface area contributed by atoms with E-state index in [2.05, 4.69) is 5.32 Å². The van der Waals surface area contributed by atoms with Crippen LogP contribution < -0.4 is 19.5 Å². The lowest BCUT2D eigenvalue weighted by Crippen LogP contribution is -2.13. The maximum absolute atomic E-state index is 6.44. The van der Waals surface area contributed by atoms with E-state index in [1.807, 2.05) is 53.9 Å². The number of halogens is 2. The van der Waals surface area contributed by atoms with Crippen molar-refractivity contribution in [2.45, 2.75) is 19.7 Å². The molecule has 0 saturated heterocycles. The predicted octanol–water partition coefficient (Wildman–Crippen LogP) is 5.71. The molecule has 4 nitrogen and oxygen atoms in total.